The van der Waals surface area contributed by atoms with Crippen LogP contribution in [-0.2, 0) is 7.05 Å². The Morgan fingerprint density at radius 3 is 2.88 bits per heavy atom. The molecule has 17 heavy (non-hydrogen) atoms. The number of rotatable bonds is 2. The fraction of sp³-hybridized carbons (Fsp3) is 0.182. The first-order valence-electron chi connectivity index (χ1n) is 5.15. The Morgan fingerprint density at radius 2 is 2.18 bits per heavy atom. The molecule has 0 aliphatic heterocycles. The predicted octanol–water partition coefficient (Wildman–Crippen LogP) is 1.37. The van der Waals surface area contributed by atoms with Crippen molar-refractivity contribution >= 4 is 11.2 Å². The molecule has 0 aliphatic carbocycles. The Bertz CT molecular complexity index is 669. The number of aromatic amines is 1. The first-order chi connectivity index (χ1) is 8.28. The molecule has 3 aromatic heterocycles. The molecule has 0 saturated heterocycles. The van der Waals surface area contributed by atoms with E-state index in [9.17, 15) is 0 Å². The second kappa shape index (κ2) is 3.58. The lowest BCUT2D eigenvalue weighted by Gasteiger charge is -1.95. The number of aromatic nitrogens is 5. The van der Waals surface area contributed by atoms with E-state index in [2.05, 4.69) is 19.9 Å². The highest BCUT2D eigenvalue weighted by atomic mass is 16.5. The summed E-state index contributed by atoms with van der Waals surface area (Å²) in [6.07, 6.45) is 3.49. The minimum absolute atomic E-state index is 0.556. The SMILES string of the molecule is COc1ccc2[nH]c(-c3cncn3C)nc2n1. The number of hydrogen-bond acceptors (Lipinski definition) is 4. The normalized spacial score (nSPS) is 10.9. The molecule has 0 bridgehead atoms. The average molecular weight is 229 g/mol. The van der Waals surface area contributed by atoms with Gasteiger partial charge in [-0.2, -0.15) is 4.98 Å². The van der Waals surface area contributed by atoms with Crippen molar-refractivity contribution < 1.29 is 4.74 Å². The minimum Gasteiger partial charge on any atom is -0.481 e. The van der Waals surface area contributed by atoms with Crippen molar-refractivity contribution in [3.63, 3.8) is 0 Å². The summed E-state index contributed by atoms with van der Waals surface area (Å²) in [5.74, 6) is 1.31. The molecule has 6 heteroatoms. The number of nitrogens with one attached hydrogen (secondary N) is 1. The van der Waals surface area contributed by atoms with Crippen molar-refractivity contribution in [3.8, 4) is 17.4 Å². The van der Waals surface area contributed by atoms with Gasteiger partial charge in [0.2, 0.25) is 5.88 Å². The first-order valence-corrected chi connectivity index (χ1v) is 5.15. The molecule has 0 aliphatic rings. The zero-order chi connectivity index (χ0) is 11.8. The maximum Gasteiger partial charge on any atom is 0.215 e. The fourth-order valence-corrected chi connectivity index (χ4v) is 1.70. The Labute approximate surface area is 97.3 Å². The number of H-pyrrole nitrogens is 1. The van der Waals surface area contributed by atoms with Gasteiger partial charge in [-0.25, -0.2) is 9.97 Å². The summed E-state index contributed by atoms with van der Waals surface area (Å²) in [7, 11) is 3.51. The van der Waals surface area contributed by atoms with E-state index in [-0.39, 0.29) is 0 Å². The molecule has 1 N–H and O–H groups in total. The number of imidazole rings is 2. The van der Waals surface area contributed by atoms with Gasteiger partial charge in [-0.3, -0.25) is 0 Å². The Morgan fingerprint density at radius 1 is 1.29 bits per heavy atom. The van der Waals surface area contributed by atoms with Gasteiger partial charge < -0.3 is 14.3 Å². The summed E-state index contributed by atoms with van der Waals surface area (Å²) >= 11 is 0. The van der Waals surface area contributed by atoms with Crippen molar-refractivity contribution in [2.24, 2.45) is 7.05 Å². The first kappa shape index (κ1) is 9.83. The number of methoxy groups -OCH3 is 1. The van der Waals surface area contributed by atoms with Gasteiger partial charge in [0, 0.05) is 13.1 Å². The number of hydrogen-bond donors (Lipinski definition) is 1. The monoisotopic (exact) mass is 229 g/mol. The lowest BCUT2D eigenvalue weighted by atomic mass is 10.4. The van der Waals surface area contributed by atoms with Gasteiger partial charge in [0.05, 0.1) is 25.2 Å². The molecular formula is C11H11N5O. The van der Waals surface area contributed by atoms with E-state index < -0.39 is 0 Å². The third-order valence-electron chi connectivity index (χ3n) is 2.59. The van der Waals surface area contributed by atoms with Crippen LogP contribution >= 0.6 is 0 Å². The van der Waals surface area contributed by atoms with Gasteiger partial charge in [0.25, 0.3) is 0 Å². The maximum absolute atomic E-state index is 5.06. The van der Waals surface area contributed by atoms with Gasteiger partial charge in [-0.1, -0.05) is 0 Å². The second-order valence-corrected chi connectivity index (χ2v) is 3.70. The highest BCUT2D eigenvalue weighted by molar-refractivity contribution is 5.75. The quantitative estimate of drug-likeness (QED) is 0.720. The smallest absolute Gasteiger partial charge is 0.215 e. The molecule has 0 saturated carbocycles. The zero-order valence-corrected chi connectivity index (χ0v) is 9.51. The predicted molar refractivity (Wildman–Crippen MR) is 62.6 cm³/mol. The molecule has 86 valence electrons. The van der Waals surface area contributed by atoms with Crippen molar-refractivity contribution in [2.45, 2.75) is 0 Å². The van der Waals surface area contributed by atoms with Gasteiger partial charge in [-0.05, 0) is 6.07 Å². The van der Waals surface area contributed by atoms with Crippen LogP contribution in [-0.4, -0.2) is 31.6 Å². The van der Waals surface area contributed by atoms with Crippen LogP contribution in [0.5, 0.6) is 5.88 Å². The lowest BCUT2D eigenvalue weighted by Crippen LogP contribution is -1.90. The van der Waals surface area contributed by atoms with Crippen LogP contribution in [0.1, 0.15) is 0 Å². The maximum atomic E-state index is 5.06. The minimum atomic E-state index is 0.556. The van der Waals surface area contributed by atoms with Crippen LogP contribution in [0.25, 0.3) is 22.7 Å². The summed E-state index contributed by atoms with van der Waals surface area (Å²) in [6.45, 7) is 0. The van der Waals surface area contributed by atoms with Crippen molar-refractivity contribution in [2.75, 3.05) is 7.11 Å². The highest BCUT2D eigenvalue weighted by Crippen LogP contribution is 2.20. The fourth-order valence-electron chi connectivity index (χ4n) is 1.70. The summed E-state index contributed by atoms with van der Waals surface area (Å²) < 4.78 is 6.96. The molecule has 0 amide bonds. The summed E-state index contributed by atoms with van der Waals surface area (Å²) in [5.41, 5.74) is 2.43. The number of fused-ring (bicyclic) bond motifs is 1. The molecule has 3 rings (SSSR count). The van der Waals surface area contributed by atoms with Crippen LogP contribution in [0.4, 0.5) is 0 Å². The van der Waals surface area contributed by atoms with Crippen LogP contribution in [0, 0.1) is 0 Å². The Kier molecular flexibility index (Phi) is 2.07. The van der Waals surface area contributed by atoms with E-state index in [1.807, 2.05) is 17.7 Å². The van der Waals surface area contributed by atoms with Crippen molar-refractivity contribution in [1.29, 1.82) is 0 Å². The highest BCUT2D eigenvalue weighted by Gasteiger charge is 2.09. The number of aryl methyl sites for hydroxylation is 1. The average Bonchev–Trinajstić information content (AvgIpc) is 2.93. The molecule has 0 atom stereocenters. The van der Waals surface area contributed by atoms with E-state index >= 15 is 0 Å². The van der Waals surface area contributed by atoms with Crippen LogP contribution in [0.2, 0.25) is 0 Å². The van der Waals surface area contributed by atoms with Gasteiger partial charge >= 0.3 is 0 Å². The van der Waals surface area contributed by atoms with Gasteiger partial charge in [0.1, 0.15) is 5.69 Å². The van der Waals surface area contributed by atoms with E-state index in [1.165, 1.54) is 0 Å². The zero-order valence-electron chi connectivity index (χ0n) is 9.51. The molecule has 0 radical (unpaired) electrons. The molecule has 0 fully saturated rings. The lowest BCUT2D eigenvalue weighted by molar-refractivity contribution is 0.399. The molecule has 0 unspecified atom stereocenters. The standard InChI is InChI=1S/C11H11N5O/c1-16-6-12-5-8(16)11-13-7-3-4-9(17-2)14-10(7)15-11/h3-6H,1-2H3,(H,13,14,15). The summed E-state index contributed by atoms with van der Waals surface area (Å²) in [6, 6.07) is 3.70. The van der Waals surface area contributed by atoms with E-state index in [0.717, 1.165) is 17.0 Å². The molecule has 0 spiro atoms. The third kappa shape index (κ3) is 1.54. The molecule has 6 nitrogen and oxygen atoms in total. The second-order valence-electron chi connectivity index (χ2n) is 3.70. The molecule has 3 aromatic rings. The van der Waals surface area contributed by atoms with E-state index in [0.29, 0.717) is 11.5 Å². The van der Waals surface area contributed by atoms with Crippen LogP contribution in [0.15, 0.2) is 24.7 Å². The topological polar surface area (TPSA) is 68.6 Å². The van der Waals surface area contributed by atoms with E-state index in [4.69, 9.17) is 4.74 Å². The molecular weight excluding hydrogens is 218 g/mol. The third-order valence-corrected chi connectivity index (χ3v) is 2.59. The van der Waals surface area contributed by atoms with Crippen LogP contribution < -0.4 is 4.74 Å². The number of ether oxygens (including phenoxy) is 1. The summed E-state index contributed by atoms with van der Waals surface area (Å²) in [5, 5.41) is 0. The van der Waals surface area contributed by atoms with Crippen LogP contribution in [0.3, 0.4) is 0 Å². The van der Waals surface area contributed by atoms with Crippen molar-refractivity contribution in [1.82, 2.24) is 24.5 Å². The Balaban J connectivity index is 2.17. The number of pyridine rings is 1. The van der Waals surface area contributed by atoms with Gasteiger partial charge in [-0.15, -0.1) is 0 Å². The van der Waals surface area contributed by atoms with E-state index in [1.54, 1.807) is 25.7 Å². The molecule has 3 heterocycles. The molecule has 0 aromatic carbocycles. The Hall–Kier alpha value is -2.37. The number of nitrogens with zero attached hydrogens (tertiary/aromatic N) is 4. The summed E-state index contributed by atoms with van der Waals surface area (Å²) in [4.78, 5) is 15.9. The van der Waals surface area contributed by atoms with Crippen molar-refractivity contribution in [3.05, 3.63) is 24.7 Å². The van der Waals surface area contributed by atoms with Gasteiger partial charge in [0.15, 0.2) is 11.5 Å². The largest absolute Gasteiger partial charge is 0.481 e.